The fourth-order valence-corrected chi connectivity index (χ4v) is 5.32. The van der Waals surface area contributed by atoms with E-state index >= 15 is 0 Å². The van der Waals surface area contributed by atoms with Crippen molar-refractivity contribution in [3.05, 3.63) is 65.1 Å². The number of carbonyl (C=O) groups excluding carboxylic acids is 1. The minimum Gasteiger partial charge on any atom is -0.487 e. The molecule has 1 unspecified atom stereocenters. The van der Waals surface area contributed by atoms with Gasteiger partial charge in [-0.2, -0.15) is 0 Å². The molecule has 7 nitrogen and oxygen atoms in total. The number of rotatable bonds is 5. The molecule has 1 amide bonds. The van der Waals surface area contributed by atoms with Gasteiger partial charge in [-0.05, 0) is 24.6 Å². The topological polar surface area (TPSA) is 67.8 Å². The second-order valence-electron chi connectivity index (χ2n) is 10.4. The average molecular weight is 565 g/mol. The number of ether oxygens (including phenoxy) is 2. The van der Waals surface area contributed by atoms with Gasteiger partial charge in [0.1, 0.15) is 17.6 Å². The Morgan fingerprint density at radius 2 is 1.85 bits per heavy atom. The van der Waals surface area contributed by atoms with Gasteiger partial charge in [0, 0.05) is 58.3 Å². The largest absolute Gasteiger partial charge is 0.523 e. The maximum absolute atomic E-state index is 14.1. The van der Waals surface area contributed by atoms with Gasteiger partial charge in [-0.25, -0.2) is 18.7 Å². The van der Waals surface area contributed by atoms with Gasteiger partial charge in [0.15, 0.2) is 17.4 Å². The zero-order valence-electron chi connectivity index (χ0n) is 22.1. The molecule has 214 valence electrons. The van der Waals surface area contributed by atoms with E-state index in [2.05, 4.69) is 4.74 Å². The molecule has 3 aliphatic rings. The second-order valence-corrected chi connectivity index (χ2v) is 10.4. The van der Waals surface area contributed by atoms with Crippen molar-refractivity contribution in [2.24, 2.45) is 0 Å². The number of piperidine rings is 1. The Kier molecular flexibility index (Phi) is 7.56. The van der Waals surface area contributed by atoms with E-state index in [1.54, 1.807) is 11.0 Å². The minimum atomic E-state index is -4.82. The summed E-state index contributed by atoms with van der Waals surface area (Å²) in [7, 11) is 0. The molecule has 12 heteroatoms. The van der Waals surface area contributed by atoms with Crippen LogP contribution in [0.2, 0.25) is 0 Å². The van der Waals surface area contributed by atoms with Gasteiger partial charge in [-0.1, -0.05) is 18.2 Å². The maximum atomic E-state index is 14.1. The summed E-state index contributed by atoms with van der Waals surface area (Å²) in [6, 6.07) is 3.17. The molecule has 0 spiro atoms. The highest BCUT2D eigenvalue weighted by Crippen LogP contribution is 2.39. The number of hydrogen-bond acceptors (Lipinski definition) is 6. The van der Waals surface area contributed by atoms with Gasteiger partial charge >= 0.3 is 6.36 Å². The zero-order chi connectivity index (χ0) is 28.7. The van der Waals surface area contributed by atoms with Crippen LogP contribution in [0, 0.1) is 11.6 Å². The Labute approximate surface area is 228 Å². The number of halogens is 5. The maximum Gasteiger partial charge on any atom is 0.523 e. The normalized spacial score (nSPS) is 21.7. The summed E-state index contributed by atoms with van der Waals surface area (Å²) < 4.78 is 77.1. The van der Waals surface area contributed by atoms with Crippen molar-refractivity contribution >= 4 is 17.3 Å². The summed E-state index contributed by atoms with van der Waals surface area (Å²) in [5.41, 5.74) is 0.701. The van der Waals surface area contributed by atoms with Crippen molar-refractivity contribution in [3.8, 4) is 5.75 Å². The van der Waals surface area contributed by atoms with Crippen molar-refractivity contribution in [3.63, 3.8) is 0 Å². The van der Waals surface area contributed by atoms with Crippen LogP contribution in [-0.2, 0) is 22.5 Å². The smallest absolute Gasteiger partial charge is 0.487 e. The molecule has 5 rings (SSSR count). The highest BCUT2D eigenvalue weighted by Gasteiger charge is 2.41. The summed E-state index contributed by atoms with van der Waals surface area (Å²) in [4.78, 5) is 25.4. The van der Waals surface area contributed by atoms with Gasteiger partial charge in [0.2, 0.25) is 5.91 Å². The Morgan fingerprint density at radius 1 is 1.10 bits per heavy atom. The fraction of sp³-hybridized carbons (Fsp3) is 0.464. The van der Waals surface area contributed by atoms with Gasteiger partial charge in [-0.3, -0.25) is 9.53 Å². The lowest BCUT2D eigenvalue weighted by atomic mass is 9.89. The third kappa shape index (κ3) is 6.27. The predicted molar refractivity (Wildman–Crippen MR) is 136 cm³/mol. The van der Waals surface area contributed by atoms with Crippen LogP contribution in [0.4, 0.5) is 27.8 Å². The first-order chi connectivity index (χ1) is 18.9. The highest BCUT2D eigenvalue weighted by atomic mass is 19.4. The summed E-state index contributed by atoms with van der Waals surface area (Å²) >= 11 is 0. The molecule has 3 heterocycles. The molecular weight excluding hydrogens is 535 g/mol. The van der Waals surface area contributed by atoms with E-state index in [9.17, 15) is 26.7 Å². The molecule has 1 fully saturated rings. The minimum absolute atomic E-state index is 0.0211. The fourth-order valence-electron chi connectivity index (χ4n) is 5.32. The zero-order valence-corrected chi connectivity index (χ0v) is 22.1. The summed E-state index contributed by atoms with van der Waals surface area (Å²) in [6.07, 6.45) is 0.922. The SMILES string of the molecule is CC(=O)N1CCc2nc(N3CCC(Oc4ccc(F)cc4F)CC3)c(C3=CC=CC(C)(OC(F)(F)F)C3)nc2C1. The van der Waals surface area contributed by atoms with Crippen LogP contribution < -0.4 is 9.64 Å². The lowest BCUT2D eigenvalue weighted by Gasteiger charge is -2.36. The number of benzene rings is 1. The third-order valence-corrected chi connectivity index (χ3v) is 7.31. The number of allylic oxidation sites excluding steroid dienone is 2. The number of fused-ring (bicyclic) bond motifs is 1. The molecule has 1 aliphatic carbocycles. The van der Waals surface area contributed by atoms with Crippen LogP contribution in [0.3, 0.4) is 0 Å². The summed E-state index contributed by atoms with van der Waals surface area (Å²) in [5.74, 6) is -1.03. The number of anilines is 1. The first-order valence-electron chi connectivity index (χ1n) is 13.1. The van der Waals surface area contributed by atoms with E-state index in [0.717, 1.165) is 17.8 Å². The number of alkyl halides is 3. The van der Waals surface area contributed by atoms with Crippen molar-refractivity contribution in [2.75, 3.05) is 24.5 Å². The van der Waals surface area contributed by atoms with Gasteiger partial charge in [0.25, 0.3) is 0 Å². The molecule has 1 atom stereocenters. The number of carbonyl (C=O) groups is 1. The van der Waals surface area contributed by atoms with Crippen molar-refractivity contribution < 1.29 is 36.2 Å². The quantitative estimate of drug-likeness (QED) is 0.457. The van der Waals surface area contributed by atoms with Crippen molar-refractivity contribution in [1.29, 1.82) is 0 Å². The van der Waals surface area contributed by atoms with E-state index in [0.29, 0.717) is 61.7 Å². The Morgan fingerprint density at radius 3 is 2.52 bits per heavy atom. The molecule has 40 heavy (non-hydrogen) atoms. The molecule has 2 aliphatic heterocycles. The van der Waals surface area contributed by atoms with E-state index < -0.39 is 23.6 Å². The van der Waals surface area contributed by atoms with Crippen LogP contribution >= 0.6 is 0 Å². The molecule has 1 saturated heterocycles. The molecule has 1 aromatic heterocycles. The van der Waals surface area contributed by atoms with Crippen LogP contribution in [0.5, 0.6) is 5.75 Å². The van der Waals surface area contributed by atoms with Crippen LogP contribution in [0.1, 0.15) is 50.2 Å². The molecule has 0 bridgehead atoms. The van der Waals surface area contributed by atoms with E-state index in [1.807, 2.05) is 4.90 Å². The Bertz CT molecular complexity index is 1350. The highest BCUT2D eigenvalue weighted by molar-refractivity contribution is 5.76. The molecule has 1 aromatic carbocycles. The summed E-state index contributed by atoms with van der Waals surface area (Å²) in [5, 5.41) is 0. The third-order valence-electron chi connectivity index (χ3n) is 7.31. The number of amides is 1. The number of aromatic nitrogens is 2. The van der Waals surface area contributed by atoms with Crippen LogP contribution in [0.15, 0.2) is 36.4 Å². The predicted octanol–water partition coefficient (Wildman–Crippen LogP) is 5.35. The van der Waals surface area contributed by atoms with Crippen molar-refractivity contribution in [2.45, 2.75) is 64.1 Å². The monoisotopic (exact) mass is 564 g/mol. The first kappa shape index (κ1) is 28.0. The average Bonchev–Trinajstić information content (AvgIpc) is 2.88. The second kappa shape index (κ2) is 10.8. The standard InChI is InChI=1S/C28H29F5N4O3/c1-17(38)37-13-9-22-23(16-37)34-25(18-4-3-10-27(2,15-18)40-28(31,32)33)26(35-22)36-11-7-20(8-12-36)39-24-6-5-19(29)14-21(24)30/h3-6,10,14,20H,7-9,11-13,15-16H2,1-2H3. The lowest BCUT2D eigenvalue weighted by molar-refractivity contribution is -0.354. The van der Waals surface area contributed by atoms with Crippen LogP contribution in [0.25, 0.3) is 5.57 Å². The van der Waals surface area contributed by atoms with Crippen LogP contribution in [-0.4, -0.2) is 58.5 Å². The van der Waals surface area contributed by atoms with Gasteiger partial charge < -0.3 is 14.5 Å². The van der Waals surface area contributed by atoms with E-state index in [1.165, 1.54) is 32.1 Å². The van der Waals surface area contributed by atoms with Gasteiger partial charge in [-0.15, -0.1) is 13.2 Å². The molecule has 0 saturated carbocycles. The first-order valence-corrected chi connectivity index (χ1v) is 13.1. The molecule has 0 N–H and O–H groups in total. The van der Waals surface area contributed by atoms with Gasteiger partial charge in [0.05, 0.1) is 23.5 Å². The lowest BCUT2D eigenvalue weighted by Crippen LogP contribution is -2.41. The molecule has 2 aromatic rings. The molecular formula is C28H29F5N4O3. The number of nitrogens with zero attached hydrogens (tertiary/aromatic N) is 4. The number of hydrogen-bond donors (Lipinski definition) is 0. The van der Waals surface area contributed by atoms with E-state index in [-0.39, 0.29) is 30.7 Å². The summed E-state index contributed by atoms with van der Waals surface area (Å²) in [6.45, 7) is 4.57. The Balaban J connectivity index is 1.41. The Hall–Kier alpha value is -3.54. The van der Waals surface area contributed by atoms with Crippen molar-refractivity contribution in [1.82, 2.24) is 14.9 Å². The molecule has 0 radical (unpaired) electrons. The van der Waals surface area contributed by atoms with E-state index in [4.69, 9.17) is 14.7 Å².